The van der Waals surface area contributed by atoms with Crippen LogP contribution in [0.25, 0.3) is 22.3 Å². The Morgan fingerprint density at radius 2 is 1.58 bits per heavy atom. The smallest absolute Gasteiger partial charge is 0.337 e. The van der Waals surface area contributed by atoms with Crippen LogP contribution in [0.1, 0.15) is 15.9 Å². The van der Waals surface area contributed by atoms with E-state index in [0.29, 0.717) is 11.4 Å². The molecule has 0 spiro atoms. The Morgan fingerprint density at radius 1 is 0.962 bits per heavy atom. The van der Waals surface area contributed by atoms with Crippen LogP contribution in [0.2, 0.25) is 0 Å². The van der Waals surface area contributed by atoms with Crippen LogP contribution in [-0.2, 0) is 0 Å². The molecule has 0 aromatic heterocycles. The van der Waals surface area contributed by atoms with Crippen molar-refractivity contribution in [1.29, 1.82) is 0 Å². The van der Waals surface area contributed by atoms with Gasteiger partial charge in [0.25, 0.3) is 0 Å². The summed E-state index contributed by atoms with van der Waals surface area (Å²) in [6.45, 7) is 2.07. The van der Waals surface area contributed by atoms with E-state index in [1.807, 2.05) is 36.4 Å². The Labute approximate surface area is 152 Å². The van der Waals surface area contributed by atoms with Crippen LogP contribution in [0.4, 0.5) is 11.4 Å². The van der Waals surface area contributed by atoms with E-state index in [1.165, 1.54) is 16.1 Å². The van der Waals surface area contributed by atoms with E-state index in [-0.39, 0.29) is 5.56 Å². The van der Waals surface area contributed by atoms with Crippen LogP contribution in [-0.4, -0.2) is 18.1 Å². The lowest BCUT2D eigenvalue weighted by Gasteiger charge is -2.19. The molecule has 5 N–H and O–H groups in total. The molecular formula is C21H21N3O2. The summed E-state index contributed by atoms with van der Waals surface area (Å²) in [4.78, 5) is 11.6. The van der Waals surface area contributed by atoms with Crippen LogP contribution in [0.15, 0.2) is 60.7 Å². The highest BCUT2D eigenvalue weighted by atomic mass is 16.4. The molecule has 0 fully saturated rings. The zero-order valence-electron chi connectivity index (χ0n) is 14.7. The number of nitrogen functional groups attached to an aromatic ring is 1. The SMILES string of the molecule is Cc1ccccc1-c1ccc(-c2cc(N)c(N(C)N)c(C(=O)O)c2)cc1. The average Bonchev–Trinajstić information content (AvgIpc) is 2.61. The number of anilines is 2. The van der Waals surface area contributed by atoms with E-state index in [1.54, 1.807) is 19.2 Å². The van der Waals surface area contributed by atoms with Crippen molar-refractivity contribution in [2.24, 2.45) is 5.84 Å². The Balaban J connectivity index is 2.05. The van der Waals surface area contributed by atoms with Crippen LogP contribution in [0.3, 0.4) is 0 Å². The molecule has 0 aliphatic heterocycles. The number of nitrogens with two attached hydrogens (primary N) is 2. The van der Waals surface area contributed by atoms with Gasteiger partial charge in [0.1, 0.15) is 0 Å². The molecule has 0 atom stereocenters. The van der Waals surface area contributed by atoms with Crippen LogP contribution < -0.4 is 16.6 Å². The summed E-state index contributed by atoms with van der Waals surface area (Å²) >= 11 is 0. The molecule has 0 aliphatic rings. The number of benzene rings is 3. The molecule has 0 amide bonds. The number of aryl methyl sites for hydroxylation is 1. The highest BCUT2D eigenvalue weighted by Gasteiger charge is 2.17. The second-order valence-corrected chi connectivity index (χ2v) is 6.27. The number of hydrazine groups is 1. The second-order valence-electron chi connectivity index (χ2n) is 6.27. The third kappa shape index (κ3) is 3.25. The van der Waals surface area contributed by atoms with Gasteiger partial charge in [-0.15, -0.1) is 0 Å². The fraction of sp³-hybridized carbons (Fsp3) is 0.0952. The van der Waals surface area contributed by atoms with E-state index < -0.39 is 5.97 Å². The largest absolute Gasteiger partial charge is 0.478 e. The van der Waals surface area contributed by atoms with Gasteiger partial charge in [0.15, 0.2) is 0 Å². The third-order valence-corrected chi connectivity index (χ3v) is 4.40. The first-order valence-corrected chi connectivity index (χ1v) is 8.20. The van der Waals surface area contributed by atoms with E-state index in [9.17, 15) is 9.90 Å². The molecule has 0 bridgehead atoms. The molecule has 3 aromatic carbocycles. The van der Waals surface area contributed by atoms with Crippen molar-refractivity contribution in [3.05, 3.63) is 71.8 Å². The van der Waals surface area contributed by atoms with Gasteiger partial charge in [0.2, 0.25) is 0 Å². The summed E-state index contributed by atoms with van der Waals surface area (Å²) in [6.07, 6.45) is 0. The maximum absolute atomic E-state index is 11.6. The normalized spacial score (nSPS) is 10.6. The van der Waals surface area contributed by atoms with Gasteiger partial charge < -0.3 is 15.8 Å². The van der Waals surface area contributed by atoms with Gasteiger partial charge >= 0.3 is 5.97 Å². The third-order valence-electron chi connectivity index (χ3n) is 4.40. The lowest BCUT2D eigenvalue weighted by Crippen LogP contribution is -2.28. The monoisotopic (exact) mass is 347 g/mol. The predicted octanol–water partition coefficient (Wildman–Crippen LogP) is 3.92. The van der Waals surface area contributed by atoms with Gasteiger partial charge in [0, 0.05) is 7.05 Å². The van der Waals surface area contributed by atoms with Gasteiger partial charge in [-0.1, -0.05) is 48.5 Å². The summed E-state index contributed by atoms with van der Waals surface area (Å²) in [5.41, 5.74) is 11.9. The van der Waals surface area contributed by atoms with Crippen molar-refractivity contribution in [2.45, 2.75) is 6.92 Å². The molecule has 0 radical (unpaired) electrons. The minimum Gasteiger partial charge on any atom is -0.478 e. The van der Waals surface area contributed by atoms with E-state index in [0.717, 1.165) is 16.7 Å². The number of carboxylic acid groups (broad SMARTS) is 1. The molecule has 0 heterocycles. The summed E-state index contributed by atoms with van der Waals surface area (Å²) in [5.74, 6) is 4.66. The van der Waals surface area contributed by atoms with Crippen LogP contribution >= 0.6 is 0 Å². The Kier molecular flexibility index (Phi) is 4.65. The first-order valence-electron chi connectivity index (χ1n) is 8.20. The minimum absolute atomic E-state index is 0.0768. The zero-order chi connectivity index (χ0) is 18.8. The number of carboxylic acids is 1. The van der Waals surface area contributed by atoms with Crippen molar-refractivity contribution in [2.75, 3.05) is 17.8 Å². The van der Waals surface area contributed by atoms with E-state index >= 15 is 0 Å². The van der Waals surface area contributed by atoms with Crippen molar-refractivity contribution in [1.82, 2.24) is 0 Å². The topological polar surface area (TPSA) is 92.6 Å². The molecule has 0 aliphatic carbocycles. The number of rotatable bonds is 4. The fourth-order valence-electron chi connectivity index (χ4n) is 3.12. The van der Waals surface area contributed by atoms with E-state index in [2.05, 4.69) is 19.1 Å². The summed E-state index contributed by atoms with van der Waals surface area (Å²) in [5, 5.41) is 10.7. The standard InChI is InChI=1S/C21H21N3O2/c1-13-5-3-4-6-17(13)15-9-7-14(8-10-15)16-11-18(21(25)26)20(24(2)23)19(22)12-16/h3-12H,22-23H2,1-2H3,(H,25,26). The lowest BCUT2D eigenvalue weighted by molar-refractivity contribution is 0.0697. The molecule has 3 aromatic rings. The maximum atomic E-state index is 11.6. The molecule has 26 heavy (non-hydrogen) atoms. The Bertz CT molecular complexity index is 963. The summed E-state index contributed by atoms with van der Waals surface area (Å²) in [6, 6.07) is 19.5. The highest BCUT2D eigenvalue weighted by molar-refractivity contribution is 6.00. The Hall–Kier alpha value is -3.31. The van der Waals surface area contributed by atoms with Gasteiger partial charge in [0.05, 0.1) is 16.9 Å². The molecule has 5 nitrogen and oxygen atoms in total. The minimum atomic E-state index is -1.07. The molecule has 0 unspecified atom stereocenters. The molecule has 0 saturated heterocycles. The first-order chi connectivity index (χ1) is 12.4. The van der Waals surface area contributed by atoms with Crippen molar-refractivity contribution in [3.63, 3.8) is 0 Å². The molecule has 0 saturated carbocycles. The van der Waals surface area contributed by atoms with Crippen LogP contribution in [0.5, 0.6) is 0 Å². The quantitative estimate of drug-likeness (QED) is 0.378. The molecule has 132 valence electrons. The number of carbonyl (C=O) groups is 1. The van der Waals surface area contributed by atoms with Gasteiger partial charge in [-0.3, -0.25) is 0 Å². The summed E-state index contributed by atoms with van der Waals surface area (Å²) < 4.78 is 0. The van der Waals surface area contributed by atoms with Crippen molar-refractivity contribution < 1.29 is 9.90 Å². The van der Waals surface area contributed by atoms with Crippen molar-refractivity contribution in [3.8, 4) is 22.3 Å². The predicted molar refractivity (Wildman–Crippen MR) is 106 cm³/mol. The lowest BCUT2D eigenvalue weighted by atomic mass is 9.96. The first kappa shape index (κ1) is 17.5. The van der Waals surface area contributed by atoms with Gasteiger partial charge in [-0.25, -0.2) is 10.6 Å². The molecular weight excluding hydrogens is 326 g/mol. The number of aromatic carboxylic acids is 1. The maximum Gasteiger partial charge on any atom is 0.337 e. The Morgan fingerprint density at radius 3 is 2.15 bits per heavy atom. The molecule has 5 heteroatoms. The second kappa shape index (κ2) is 6.90. The zero-order valence-corrected chi connectivity index (χ0v) is 14.7. The van der Waals surface area contributed by atoms with Crippen LogP contribution in [0, 0.1) is 6.92 Å². The van der Waals surface area contributed by atoms with Gasteiger partial charge in [-0.05, 0) is 46.9 Å². The average molecular weight is 347 g/mol. The highest BCUT2D eigenvalue weighted by Crippen LogP contribution is 2.33. The number of hydrogen-bond acceptors (Lipinski definition) is 4. The summed E-state index contributed by atoms with van der Waals surface area (Å²) in [7, 11) is 1.56. The number of hydrogen-bond donors (Lipinski definition) is 3. The van der Waals surface area contributed by atoms with Crippen molar-refractivity contribution >= 4 is 17.3 Å². The molecule has 3 rings (SSSR count). The van der Waals surface area contributed by atoms with E-state index in [4.69, 9.17) is 11.6 Å². The number of nitrogens with zero attached hydrogens (tertiary/aromatic N) is 1. The fourth-order valence-corrected chi connectivity index (χ4v) is 3.12. The van der Waals surface area contributed by atoms with Gasteiger partial charge in [-0.2, -0.15) is 0 Å².